The third-order valence-corrected chi connectivity index (χ3v) is 3.41. The van der Waals surface area contributed by atoms with Crippen molar-refractivity contribution in [1.29, 1.82) is 0 Å². The Labute approximate surface area is 108 Å². The van der Waals surface area contributed by atoms with Crippen LogP contribution in [0.5, 0.6) is 0 Å². The SMILES string of the molecule is CNc1ccc(C(=O)N2CCCCCCC2)cn1. The van der Waals surface area contributed by atoms with E-state index in [0.29, 0.717) is 5.56 Å². The molecule has 2 rings (SSSR count). The van der Waals surface area contributed by atoms with Gasteiger partial charge >= 0.3 is 0 Å². The van der Waals surface area contributed by atoms with Crippen LogP contribution in [-0.2, 0) is 0 Å². The zero-order valence-electron chi connectivity index (χ0n) is 11.0. The summed E-state index contributed by atoms with van der Waals surface area (Å²) in [5.41, 5.74) is 0.689. The molecule has 0 saturated carbocycles. The van der Waals surface area contributed by atoms with E-state index < -0.39 is 0 Å². The topological polar surface area (TPSA) is 45.2 Å². The lowest BCUT2D eigenvalue weighted by Gasteiger charge is -2.24. The van der Waals surface area contributed by atoms with Crippen molar-refractivity contribution in [2.45, 2.75) is 32.1 Å². The van der Waals surface area contributed by atoms with Crippen LogP contribution in [0.3, 0.4) is 0 Å². The predicted octanol–water partition coefficient (Wildman–Crippen LogP) is 2.53. The second-order valence-corrected chi connectivity index (χ2v) is 4.74. The predicted molar refractivity (Wildman–Crippen MR) is 72.8 cm³/mol. The van der Waals surface area contributed by atoms with Gasteiger partial charge in [-0.1, -0.05) is 19.3 Å². The molecule has 0 atom stereocenters. The molecule has 1 amide bonds. The van der Waals surface area contributed by atoms with Crippen LogP contribution < -0.4 is 5.32 Å². The Morgan fingerprint density at radius 2 is 1.83 bits per heavy atom. The first-order chi connectivity index (χ1) is 8.81. The second kappa shape index (κ2) is 6.38. The van der Waals surface area contributed by atoms with Gasteiger partial charge in [-0.3, -0.25) is 4.79 Å². The molecule has 0 aromatic carbocycles. The monoisotopic (exact) mass is 247 g/mol. The summed E-state index contributed by atoms with van der Waals surface area (Å²) < 4.78 is 0. The number of hydrogen-bond acceptors (Lipinski definition) is 3. The van der Waals surface area contributed by atoms with Gasteiger partial charge in [-0.25, -0.2) is 4.98 Å². The van der Waals surface area contributed by atoms with Crippen molar-refractivity contribution < 1.29 is 4.79 Å². The molecule has 4 nitrogen and oxygen atoms in total. The van der Waals surface area contributed by atoms with Crippen LogP contribution in [0.1, 0.15) is 42.5 Å². The van der Waals surface area contributed by atoms with E-state index in [1.807, 2.05) is 24.1 Å². The van der Waals surface area contributed by atoms with E-state index in [4.69, 9.17) is 0 Å². The lowest BCUT2D eigenvalue weighted by atomic mass is 10.1. The molecule has 0 spiro atoms. The molecule has 1 N–H and O–H groups in total. The molecular weight excluding hydrogens is 226 g/mol. The summed E-state index contributed by atoms with van der Waals surface area (Å²) in [6.07, 6.45) is 7.68. The van der Waals surface area contributed by atoms with Crippen LogP contribution in [0.2, 0.25) is 0 Å². The first-order valence-corrected chi connectivity index (χ1v) is 6.74. The number of nitrogens with zero attached hydrogens (tertiary/aromatic N) is 2. The lowest BCUT2D eigenvalue weighted by Crippen LogP contribution is -2.33. The average molecular weight is 247 g/mol. The zero-order valence-corrected chi connectivity index (χ0v) is 11.0. The van der Waals surface area contributed by atoms with Crippen LogP contribution in [0.15, 0.2) is 18.3 Å². The molecule has 1 saturated heterocycles. The van der Waals surface area contributed by atoms with E-state index in [1.54, 1.807) is 6.20 Å². The van der Waals surface area contributed by atoms with Crippen LogP contribution in [0.4, 0.5) is 5.82 Å². The van der Waals surface area contributed by atoms with Gasteiger partial charge in [0.1, 0.15) is 5.82 Å². The van der Waals surface area contributed by atoms with Crippen LogP contribution in [0.25, 0.3) is 0 Å². The fourth-order valence-electron chi connectivity index (χ4n) is 2.30. The highest BCUT2D eigenvalue weighted by Gasteiger charge is 2.16. The Bertz CT molecular complexity index is 381. The maximum Gasteiger partial charge on any atom is 0.255 e. The number of hydrogen-bond donors (Lipinski definition) is 1. The van der Waals surface area contributed by atoms with Crippen molar-refractivity contribution in [2.75, 3.05) is 25.5 Å². The van der Waals surface area contributed by atoms with Gasteiger partial charge in [0.25, 0.3) is 5.91 Å². The summed E-state index contributed by atoms with van der Waals surface area (Å²) in [5.74, 6) is 0.909. The molecule has 2 heterocycles. The number of nitrogens with one attached hydrogen (secondary N) is 1. The molecule has 98 valence electrons. The van der Waals surface area contributed by atoms with E-state index >= 15 is 0 Å². The highest BCUT2D eigenvalue weighted by atomic mass is 16.2. The van der Waals surface area contributed by atoms with Crippen LogP contribution in [0, 0.1) is 0 Å². The summed E-state index contributed by atoms with van der Waals surface area (Å²) in [7, 11) is 1.82. The molecule has 18 heavy (non-hydrogen) atoms. The number of rotatable bonds is 2. The van der Waals surface area contributed by atoms with Crippen molar-refractivity contribution >= 4 is 11.7 Å². The Kier molecular flexibility index (Phi) is 4.56. The van der Waals surface area contributed by atoms with Gasteiger partial charge in [0.15, 0.2) is 0 Å². The molecule has 0 unspecified atom stereocenters. The first-order valence-electron chi connectivity index (χ1n) is 6.74. The average Bonchev–Trinajstić information content (AvgIpc) is 2.38. The lowest BCUT2D eigenvalue weighted by molar-refractivity contribution is 0.0742. The smallest absolute Gasteiger partial charge is 0.255 e. The summed E-state index contributed by atoms with van der Waals surface area (Å²) in [4.78, 5) is 18.5. The zero-order chi connectivity index (χ0) is 12.8. The molecule has 4 heteroatoms. The van der Waals surface area contributed by atoms with E-state index in [-0.39, 0.29) is 5.91 Å². The molecule has 1 aromatic rings. The minimum Gasteiger partial charge on any atom is -0.373 e. The molecule has 0 radical (unpaired) electrons. The van der Waals surface area contributed by atoms with Crippen molar-refractivity contribution in [3.63, 3.8) is 0 Å². The molecule has 1 aliphatic heterocycles. The van der Waals surface area contributed by atoms with Crippen molar-refractivity contribution in [3.8, 4) is 0 Å². The molecule has 1 aromatic heterocycles. The largest absolute Gasteiger partial charge is 0.373 e. The number of anilines is 1. The van der Waals surface area contributed by atoms with Gasteiger partial charge < -0.3 is 10.2 Å². The fourth-order valence-corrected chi connectivity index (χ4v) is 2.30. The molecule has 0 bridgehead atoms. The normalized spacial score (nSPS) is 16.8. The van der Waals surface area contributed by atoms with Crippen molar-refractivity contribution in [1.82, 2.24) is 9.88 Å². The first kappa shape index (κ1) is 12.9. The number of aromatic nitrogens is 1. The molecule has 1 fully saturated rings. The standard InChI is InChI=1S/C14H21N3O/c1-15-13-8-7-12(11-16-13)14(18)17-9-5-3-2-4-6-10-17/h7-8,11H,2-6,9-10H2,1H3,(H,15,16). The molecule has 1 aliphatic rings. The quantitative estimate of drug-likeness (QED) is 0.873. The maximum atomic E-state index is 12.3. The van der Waals surface area contributed by atoms with Gasteiger partial charge in [0, 0.05) is 26.3 Å². The van der Waals surface area contributed by atoms with E-state index in [1.165, 1.54) is 19.3 Å². The number of likely N-dealkylation sites (tertiary alicyclic amines) is 1. The number of pyridine rings is 1. The van der Waals surface area contributed by atoms with Crippen molar-refractivity contribution in [2.24, 2.45) is 0 Å². The number of carbonyl (C=O) groups excluding carboxylic acids is 1. The Morgan fingerprint density at radius 1 is 1.17 bits per heavy atom. The summed E-state index contributed by atoms with van der Waals surface area (Å²) in [5, 5.41) is 2.95. The van der Waals surface area contributed by atoms with Crippen molar-refractivity contribution in [3.05, 3.63) is 23.9 Å². The van der Waals surface area contributed by atoms with Crippen LogP contribution >= 0.6 is 0 Å². The highest BCUT2D eigenvalue weighted by molar-refractivity contribution is 5.94. The summed E-state index contributed by atoms with van der Waals surface area (Å²) in [6.45, 7) is 1.76. The summed E-state index contributed by atoms with van der Waals surface area (Å²) in [6, 6.07) is 3.69. The fraction of sp³-hybridized carbons (Fsp3) is 0.571. The third-order valence-electron chi connectivity index (χ3n) is 3.41. The Balaban J connectivity index is 2.03. The maximum absolute atomic E-state index is 12.3. The molecular formula is C14H21N3O. The minimum atomic E-state index is 0.118. The minimum absolute atomic E-state index is 0.118. The van der Waals surface area contributed by atoms with Crippen LogP contribution in [-0.4, -0.2) is 35.9 Å². The third kappa shape index (κ3) is 3.22. The second-order valence-electron chi connectivity index (χ2n) is 4.74. The van der Waals surface area contributed by atoms with Gasteiger partial charge in [0.05, 0.1) is 5.56 Å². The van der Waals surface area contributed by atoms with E-state index in [2.05, 4.69) is 10.3 Å². The number of carbonyl (C=O) groups is 1. The molecule has 0 aliphatic carbocycles. The van der Waals surface area contributed by atoms with E-state index in [0.717, 1.165) is 31.7 Å². The highest BCUT2D eigenvalue weighted by Crippen LogP contribution is 2.14. The van der Waals surface area contributed by atoms with E-state index in [9.17, 15) is 4.79 Å². The Morgan fingerprint density at radius 3 is 2.39 bits per heavy atom. The van der Waals surface area contributed by atoms with Gasteiger partial charge in [0.2, 0.25) is 0 Å². The van der Waals surface area contributed by atoms with Gasteiger partial charge in [-0.2, -0.15) is 0 Å². The number of amides is 1. The van der Waals surface area contributed by atoms with Gasteiger partial charge in [-0.15, -0.1) is 0 Å². The Hall–Kier alpha value is -1.58. The summed E-state index contributed by atoms with van der Waals surface area (Å²) >= 11 is 0. The van der Waals surface area contributed by atoms with Gasteiger partial charge in [-0.05, 0) is 25.0 Å².